The summed E-state index contributed by atoms with van der Waals surface area (Å²) in [6.07, 6.45) is -0.0119. The Balaban J connectivity index is 1.40. The van der Waals surface area contributed by atoms with Gasteiger partial charge in [0.1, 0.15) is 5.75 Å². The molecule has 1 aliphatic heterocycles. The average Bonchev–Trinajstić information content (AvgIpc) is 3.41. The minimum atomic E-state index is -0.625. The minimum Gasteiger partial charge on any atom is -0.494 e. The van der Waals surface area contributed by atoms with Crippen LogP contribution >= 0.6 is 0 Å². The number of nitro groups is 1. The van der Waals surface area contributed by atoms with Crippen LogP contribution in [0.3, 0.4) is 0 Å². The second-order valence-electron chi connectivity index (χ2n) is 8.48. The number of anilines is 2. The second kappa shape index (κ2) is 9.90. The Labute approximate surface area is 206 Å². The number of nitrogens with zero attached hydrogens (tertiary/aromatic N) is 3. The zero-order valence-corrected chi connectivity index (χ0v) is 20.0. The smallest absolute Gasteiger partial charge is 0.273 e. The van der Waals surface area contributed by atoms with Gasteiger partial charge in [-0.25, -0.2) is 0 Å². The summed E-state index contributed by atoms with van der Waals surface area (Å²) in [5, 5.41) is 13.8. The first-order valence-electron chi connectivity index (χ1n) is 11.2. The summed E-state index contributed by atoms with van der Waals surface area (Å²) in [7, 11) is 1.36. The fourth-order valence-electron chi connectivity index (χ4n) is 4.08. The number of methoxy groups -OCH3 is 1. The lowest BCUT2D eigenvalue weighted by molar-refractivity contribution is -0.384. The molecule has 3 amide bonds. The molecular formula is C25H25N5O6. The Hall–Kier alpha value is -4.67. The average molecular weight is 492 g/mol. The largest absolute Gasteiger partial charge is 0.494 e. The lowest BCUT2D eigenvalue weighted by Gasteiger charge is -2.19. The number of rotatable bonds is 7. The van der Waals surface area contributed by atoms with E-state index in [0.717, 1.165) is 11.4 Å². The number of ether oxygens (including phenoxy) is 1. The Morgan fingerprint density at radius 2 is 1.72 bits per heavy atom. The number of aromatic nitrogens is 1. The summed E-state index contributed by atoms with van der Waals surface area (Å²) in [5.41, 5.74) is 5.74. The van der Waals surface area contributed by atoms with Crippen molar-refractivity contribution in [2.45, 2.75) is 20.3 Å². The van der Waals surface area contributed by atoms with Crippen molar-refractivity contribution in [3.05, 3.63) is 81.7 Å². The number of amides is 3. The first-order valence-corrected chi connectivity index (χ1v) is 11.2. The highest BCUT2D eigenvalue weighted by Gasteiger charge is 2.36. The van der Waals surface area contributed by atoms with E-state index in [1.165, 1.54) is 30.2 Å². The third-order valence-corrected chi connectivity index (χ3v) is 6.06. The van der Waals surface area contributed by atoms with Gasteiger partial charge in [0.25, 0.3) is 11.6 Å². The lowest BCUT2D eigenvalue weighted by atomic mass is 10.1. The second-order valence-corrected chi connectivity index (χ2v) is 8.48. The number of carbonyl (C=O) groups is 3. The van der Waals surface area contributed by atoms with Crippen LogP contribution in [0.2, 0.25) is 0 Å². The molecule has 36 heavy (non-hydrogen) atoms. The van der Waals surface area contributed by atoms with E-state index in [0.29, 0.717) is 16.9 Å². The summed E-state index contributed by atoms with van der Waals surface area (Å²) >= 11 is 0. The zero-order valence-electron chi connectivity index (χ0n) is 20.0. The maximum Gasteiger partial charge on any atom is 0.273 e. The quantitative estimate of drug-likeness (QED) is 0.384. The van der Waals surface area contributed by atoms with E-state index in [9.17, 15) is 24.5 Å². The van der Waals surface area contributed by atoms with E-state index >= 15 is 0 Å². The zero-order chi connectivity index (χ0) is 26.0. The Morgan fingerprint density at radius 3 is 2.33 bits per heavy atom. The van der Waals surface area contributed by atoms with E-state index in [1.807, 2.05) is 26.0 Å². The third kappa shape index (κ3) is 4.90. The van der Waals surface area contributed by atoms with E-state index in [4.69, 9.17) is 4.74 Å². The molecule has 1 atom stereocenters. The summed E-state index contributed by atoms with van der Waals surface area (Å²) in [6, 6.07) is 14.2. The molecule has 0 bridgehead atoms. The molecule has 0 spiro atoms. The summed E-state index contributed by atoms with van der Waals surface area (Å²) in [6.45, 7) is 3.88. The molecule has 0 radical (unpaired) electrons. The standard InChI is InChI=1S/C25H25N5O6/c1-15-4-5-16(2)29(15)27-25(33)17-6-8-19(9-7-17)26-24(32)18-12-23(31)28(14-18)21-11-10-20(30(34)35)13-22(21)36-3/h4-11,13,18H,12,14H2,1-3H3,(H,26,32)(H,27,33)/t18-/m0/s1. The number of nitrogens with one attached hydrogen (secondary N) is 2. The van der Waals surface area contributed by atoms with E-state index < -0.39 is 10.8 Å². The molecule has 1 aliphatic rings. The van der Waals surface area contributed by atoms with Crippen molar-refractivity contribution in [1.82, 2.24) is 4.68 Å². The molecule has 11 nitrogen and oxygen atoms in total. The Morgan fingerprint density at radius 1 is 1.06 bits per heavy atom. The summed E-state index contributed by atoms with van der Waals surface area (Å²) in [5.74, 6) is -1.37. The van der Waals surface area contributed by atoms with Crippen molar-refractivity contribution in [1.29, 1.82) is 0 Å². The number of aryl methyl sites for hydroxylation is 2. The topological polar surface area (TPSA) is 136 Å². The molecule has 1 saturated heterocycles. The summed E-state index contributed by atoms with van der Waals surface area (Å²) < 4.78 is 6.93. The van der Waals surface area contributed by atoms with Crippen molar-refractivity contribution in [2.75, 3.05) is 29.3 Å². The first kappa shape index (κ1) is 24.5. The van der Waals surface area contributed by atoms with Gasteiger partial charge in [-0.1, -0.05) is 0 Å². The number of nitro benzene ring substituents is 1. The van der Waals surface area contributed by atoms with Crippen LogP contribution in [0, 0.1) is 29.9 Å². The molecule has 3 aromatic rings. The van der Waals surface area contributed by atoms with Gasteiger partial charge in [-0.05, 0) is 56.3 Å². The van der Waals surface area contributed by atoms with E-state index in [1.54, 1.807) is 28.9 Å². The molecular weight excluding hydrogens is 466 g/mol. The van der Waals surface area contributed by atoms with Crippen LogP contribution in [0.4, 0.5) is 17.1 Å². The maximum absolute atomic E-state index is 12.8. The van der Waals surface area contributed by atoms with Crippen LogP contribution in [-0.4, -0.2) is 41.0 Å². The fourth-order valence-corrected chi connectivity index (χ4v) is 4.08. The minimum absolute atomic E-state index is 0.0119. The number of hydrogen-bond acceptors (Lipinski definition) is 6. The van der Waals surface area contributed by atoms with Crippen molar-refractivity contribution in [3.8, 4) is 5.75 Å². The van der Waals surface area contributed by atoms with Crippen LogP contribution in [0.15, 0.2) is 54.6 Å². The number of hydrogen-bond donors (Lipinski definition) is 2. The van der Waals surface area contributed by atoms with Gasteiger partial charge in [0.15, 0.2) is 0 Å². The number of non-ortho nitro benzene ring substituents is 1. The molecule has 0 unspecified atom stereocenters. The number of benzene rings is 2. The third-order valence-electron chi connectivity index (χ3n) is 6.06. The van der Waals surface area contributed by atoms with Crippen molar-refractivity contribution < 1.29 is 24.0 Å². The molecule has 1 aromatic heterocycles. The monoisotopic (exact) mass is 491 g/mol. The van der Waals surface area contributed by atoms with Gasteiger partial charge in [-0.15, -0.1) is 0 Å². The van der Waals surface area contributed by atoms with Gasteiger partial charge in [0.2, 0.25) is 11.8 Å². The predicted molar refractivity (Wildman–Crippen MR) is 133 cm³/mol. The molecule has 2 heterocycles. The predicted octanol–water partition coefficient (Wildman–Crippen LogP) is 3.40. The highest BCUT2D eigenvalue weighted by Crippen LogP contribution is 2.36. The van der Waals surface area contributed by atoms with Gasteiger partial charge in [0.05, 0.1) is 29.7 Å². The fraction of sp³-hybridized carbons (Fsp3) is 0.240. The van der Waals surface area contributed by atoms with E-state index in [2.05, 4.69) is 10.7 Å². The van der Waals surface area contributed by atoms with E-state index in [-0.39, 0.29) is 42.1 Å². The molecule has 186 valence electrons. The van der Waals surface area contributed by atoms with Gasteiger partial charge in [-0.3, -0.25) is 34.6 Å². The van der Waals surface area contributed by atoms with Crippen molar-refractivity contribution in [2.24, 2.45) is 5.92 Å². The molecule has 11 heteroatoms. The molecule has 2 N–H and O–H groups in total. The van der Waals surface area contributed by atoms with Crippen molar-refractivity contribution >= 4 is 34.8 Å². The molecule has 1 fully saturated rings. The highest BCUT2D eigenvalue weighted by molar-refractivity contribution is 6.05. The highest BCUT2D eigenvalue weighted by atomic mass is 16.6. The van der Waals surface area contributed by atoms with Crippen LogP contribution in [-0.2, 0) is 9.59 Å². The van der Waals surface area contributed by atoms with Gasteiger partial charge >= 0.3 is 0 Å². The first-order chi connectivity index (χ1) is 17.2. The summed E-state index contributed by atoms with van der Waals surface area (Å²) in [4.78, 5) is 49.9. The SMILES string of the molecule is COc1cc([N+](=O)[O-])ccc1N1C[C@@H](C(=O)Nc2ccc(C(=O)Nn3c(C)ccc3C)cc2)CC1=O. The Kier molecular flexibility index (Phi) is 6.73. The van der Waals surface area contributed by atoms with Gasteiger partial charge in [0, 0.05) is 41.7 Å². The van der Waals surface area contributed by atoms with Gasteiger partial charge < -0.3 is 15.0 Å². The molecule has 0 saturated carbocycles. The molecule has 2 aromatic carbocycles. The number of carbonyl (C=O) groups excluding carboxylic acids is 3. The maximum atomic E-state index is 12.8. The lowest BCUT2D eigenvalue weighted by Crippen LogP contribution is -2.28. The Bertz CT molecular complexity index is 1330. The van der Waals surface area contributed by atoms with Crippen molar-refractivity contribution in [3.63, 3.8) is 0 Å². The van der Waals surface area contributed by atoms with Gasteiger partial charge in [-0.2, -0.15) is 0 Å². The molecule has 4 rings (SSSR count). The molecule has 0 aliphatic carbocycles. The van der Waals surface area contributed by atoms with Crippen LogP contribution in [0.1, 0.15) is 28.2 Å². The van der Waals surface area contributed by atoms with Crippen LogP contribution in [0.5, 0.6) is 5.75 Å². The van der Waals surface area contributed by atoms with Crippen LogP contribution < -0.4 is 20.4 Å². The van der Waals surface area contributed by atoms with Crippen LogP contribution in [0.25, 0.3) is 0 Å². The normalized spacial score (nSPS) is 15.0.